The highest BCUT2D eigenvalue weighted by molar-refractivity contribution is 5.71. The lowest BCUT2D eigenvalue weighted by molar-refractivity contribution is -0.142. The highest BCUT2D eigenvalue weighted by Crippen LogP contribution is 2.04. The van der Waals surface area contributed by atoms with Crippen molar-refractivity contribution in [3.05, 3.63) is 0 Å². The molecule has 0 aliphatic heterocycles. The molecule has 3 heteroatoms. The maximum atomic E-state index is 11.0. The zero-order chi connectivity index (χ0) is 10.3. The number of hydrogen-bond acceptors (Lipinski definition) is 3. The molecular formula is C10H21NO2. The molecule has 0 saturated heterocycles. The normalized spacial score (nSPS) is 13.0. The van der Waals surface area contributed by atoms with Crippen LogP contribution in [0.4, 0.5) is 0 Å². The van der Waals surface area contributed by atoms with Crippen molar-refractivity contribution in [1.29, 1.82) is 0 Å². The van der Waals surface area contributed by atoms with Gasteiger partial charge in [-0.3, -0.25) is 4.79 Å². The predicted molar refractivity (Wildman–Crippen MR) is 53.6 cm³/mol. The van der Waals surface area contributed by atoms with Gasteiger partial charge in [0, 0.05) is 6.04 Å². The van der Waals surface area contributed by atoms with E-state index in [-0.39, 0.29) is 5.97 Å². The minimum absolute atomic E-state index is 0.165. The summed E-state index contributed by atoms with van der Waals surface area (Å²) in [7, 11) is 0. The number of rotatable bonds is 6. The number of esters is 1. The smallest absolute Gasteiger partial charge is 0.319 e. The van der Waals surface area contributed by atoms with E-state index >= 15 is 0 Å². The van der Waals surface area contributed by atoms with E-state index in [0.29, 0.717) is 25.1 Å². The SMILES string of the molecule is CCOC(=O)CNC(CC)C(C)C. The van der Waals surface area contributed by atoms with Gasteiger partial charge in [0.1, 0.15) is 0 Å². The molecule has 3 nitrogen and oxygen atoms in total. The topological polar surface area (TPSA) is 38.3 Å². The molecule has 13 heavy (non-hydrogen) atoms. The van der Waals surface area contributed by atoms with Gasteiger partial charge < -0.3 is 10.1 Å². The standard InChI is InChI=1S/C10H21NO2/c1-5-9(8(3)4)11-7-10(12)13-6-2/h8-9,11H,5-7H2,1-4H3. The second kappa shape index (κ2) is 6.89. The lowest BCUT2D eigenvalue weighted by Crippen LogP contribution is -2.37. The van der Waals surface area contributed by atoms with Gasteiger partial charge in [-0.1, -0.05) is 20.8 Å². The quantitative estimate of drug-likeness (QED) is 0.641. The molecule has 78 valence electrons. The maximum absolute atomic E-state index is 11.0. The first-order valence-corrected chi connectivity index (χ1v) is 5.00. The van der Waals surface area contributed by atoms with E-state index in [1.807, 2.05) is 6.92 Å². The summed E-state index contributed by atoms with van der Waals surface area (Å²) < 4.78 is 4.82. The van der Waals surface area contributed by atoms with Crippen molar-refractivity contribution >= 4 is 5.97 Å². The van der Waals surface area contributed by atoms with Crippen molar-refractivity contribution in [2.24, 2.45) is 5.92 Å². The van der Waals surface area contributed by atoms with Gasteiger partial charge in [0.05, 0.1) is 13.2 Å². The fourth-order valence-corrected chi connectivity index (χ4v) is 1.28. The highest BCUT2D eigenvalue weighted by atomic mass is 16.5. The van der Waals surface area contributed by atoms with Gasteiger partial charge in [0.25, 0.3) is 0 Å². The van der Waals surface area contributed by atoms with E-state index in [1.54, 1.807) is 0 Å². The number of carbonyl (C=O) groups excluding carboxylic acids is 1. The van der Waals surface area contributed by atoms with Crippen molar-refractivity contribution < 1.29 is 9.53 Å². The van der Waals surface area contributed by atoms with Crippen LogP contribution in [0.15, 0.2) is 0 Å². The molecule has 0 aromatic rings. The van der Waals surface area contributed by atoms with Gasteiger partial charge in [-0.15, -0.1) is 0 Å². The largest absolute Gasteiger partial charge is 0.465 e. The predicted octanol–water partition coefficient (Wildman–Crippen LogP) is 1.57. The molecule has 1 N–H and O–H groups in total. The Morgan fingerprint density at radius 3 is 2.38 bits per heavy atom. The van der Waals surface area contributed by atoms with Gasteiger partial charge >= 0.3 is 5.97 Å². The summed E-state index contributed by atoms with van der Waals surface area (Å²) in [4.78, 5) is 11.0. The van der Waals surface area contributed by atoms with Crippen LogP contribution in [0.2, 0.25) is 0 Å². The Morgan fingerprint density at radius 2 is 2.00 bits per heavy atom. The average Bonchev–Trinajstić information content (AvgIpc) is 2.05. The van der Waals surface area contributed by atoms with Crippen LogP contribution in [0, 0.1) is 5.92 Å². The Bertz CT molecular complexity index is 146. The number of ether oxygens (including phenoxy) is 1. The molecule has 0 saturated carbocycles. The first-order chi connectivity index (χ1) is 6.11. The number of nitrogens with one attached hydrogen (secondary N) is 1. The first kappa shape index (κ1) is 12.4. The fraction of sp³-hybridized carbons (Fsp3) is 0.900. The van der Waals surface area contributed by atoms with E-state index in [0.717, 1.165) is 6.42 Å². The molecule has 0 radical (unpaired) electrons. The Balaban J connectivity index is 3.65. The van der Waals surface area contributed by atoms with Crippen LogP contribution in [0.1, 0.15) is 34.1 Å². The van der Waals surface area contributed by atoms with Gasteiger partial charge in [0.15, 0.2) is 0 Å². The molecule has 1 atom stereocenters. The zero-order valence-corrected chi connectivity index (χ0v) is 9.09. The second-order valence-electron chi connectivity index (χ2n) is 3.44. The van der Waals surface area contributed by atoms with Crippen LogP contribution in [-0.4, -0.2) is 25.2 Å². The van der Waals surface area contributed by atoms with Crippen molar-refractivity contribution in [3.8, 4) is 0 Å². The molecule has 0 aromatic heterocycles. The van der Waals surface area contributed by atoms with Gasteiger partial charge in [-0.25, -0.2) is 0 Å². The minimum Gasteiger partial charge on any atom is -0.465 e. The third kappa shape index (κ3) is 5.64. The summed E-state index contributed by atoms with van der Waals surface area (Å²) in [6, 6.07) is 0.407. The molecular weight excluding hydrogens is 166 g/mol. The Morgan fingerprint density at radius 1 is 1.38 bits per heavy atom. The van der Waals surface area contributed by atoms with E-state index in [2.05, 4.69) is 26.1 Å². The van der Waals surface area contributed by atoms with Crippen LogP contribution >= 0.6 is 0 Å². The lowest BCUT2D eigenvalue weighted by Gasteiger charge is -2.19. The lowest BCUT2D eigenvalue weighted by atomic mass is 10.0. The number of hydrogen-bond donors (Lipinski definition) is 1. The van der Waals surface area contributed by atoms with Crippen molar-refractivity contribution in [3.63, 3.8) is 0 Å². The summed E-state index contributed by atoms with van der Waals surface area (Å²) >= 11 is 0. The summed E-state index contributed by atoms with van der Waals surface area (Å²) in [5.74, 6) is 0.390. The molecule has 0 spiro atoms. The van der Waals surface area contributed by atoms with Gasteiger partial charge in [-0.05, 0) is 19.3 Å². The summed E-state index contributed by atoms with van der Waals surface area (Å²) in [5.41, 5.74) is 0. The average molecular weight is 187 g/mol. The second-order valence-corrected chi connectivity index (χ2v) is 3.44. The number of carbonyl (C=O) groups is 1. The Hall–Kier alpha value is -0.570. The van der Waals surface area contributed by atoms with E-state index in [4.69, 9.17) is 4.74 Å². The summed E-state index contributed by atoms with van der Waals surface area (Å²) in [6.45, 7) is 9.00. The molecule has 0 aliphatic carbocycles. The van der Waals surface area contributed by atoms with Crippen LogP contribution < -0.4 is 5.32 Å². The van der Waals surface area contributed by atoms with Gasteiger partial charge in [-0.2, -0.15) is 0 Å². The molecule has 0 bridgehead atoms. The Labute approximate surface area is 80.8 Å². The van der Waals surface area contributed by atoms with Crippen molar-refractivity contribution in [2.45, 2.75) is 40.2 Å². The van der Waals surface area contributed by atoms with Crippen molar-refractivity contribution in [1.82, 2.24) is 5.32 Å². The molecule has 0 aromatic carbocycles. The summed E-state index contributed by atoms with van der Waals surface area (Å²) in [6.07, 6.45) is 1.04. The van der Waals surface area contributed by atoms with Gasteiger partial charge in [0.2, 0.25) is 0 Å². The highest BCUT2D eigenvalue weighted by Gasteiger charge is 2.11. The van der Waals surface area contributed by atoms with Crippen LogP contribution in [-0.2, 0) is 9.53 Å². The van der Waals surface area contributed by atoms with E-state index < -0.39 is 0 Å². The minimum atomic E-state index is -0.165. The van der Waals surface area contributed by atoms with E-state index in [9.17, 15) is 4.79 Å². The molecule has 0 aliphatic rings. The molecule has 0 fully saturated rings. The fourth-order valence-electron chi connectivity index (χ4n) is 1.28. The third-order valence-electron chi connectivity index (χ3n) is 2.06. The monoisotopic (exact) mass is 187 g/mol. The molecule has 0 amide bonds. The Kier molecular flexibility index (Phi) is 6.59. The van der Waals surface area contributed by atoms with Crippen molar-refractivity contribution in [2.75, 3.05) is 13.2 Å². The molecule has 0 rings (SSSR count). The zero-order valence-electron chi connectivity index (χ0n) is 9.09. The van der Waals surface area contributed by atoms with E-state index in [1.165, 1.54) is 0 Å². The summed E-state index contributed by atoms with van der Waals surface area (Å²) in [5, 5.41) is 3.18. The molecule has 1 unspecified atom stereocenters. The van der Waals surface area contributed by atoms with Crippen LogP contribution in [0.25, 0.3) is 0 Å². The third-order valence-corrected chi connectivity index (χ3v) is 2.06. The maximum Gasteiger partial charge on any atom is 0.319 e. The van der Waals surface area contributed by atoms with Crippen LogP contribution in [0.5, 0.6) is 0 Å². The molecule has 0 heterocycles. The van der Waals surface area contributed by atoms with Crippen LogP contribution in [0.3, 0.4) is 0 Å². The first-order valence-electron chi connectivity index (χ1n) is 5.00.